The van der Waals surface area contributed by atoms with Gasteiger partial charge in [-0.25, -0.2) is 16.8 Å². The molecular formula is C20H26N2O5S2. The number of nitrogens with zero attached hydrogens (tertiary/aromatic N) is 2. The van der Waals surface area contributed by atoms with E-state index in [1.807, 2.05) is 13.8 Å². The predicted octanol–water partition coefficient (Wildman–Crippen LogP) is 2.36. The Morgan fingerprint density at radius 1 is 0.828 bits per heavy atom. The zero-order chi connectivity index (χ0) is 22.8. The van der Waals surface area contributed by atoms with E-state index in [1.165, 1.54) is 28.6 Å². The molecule has 2 aromatic carbocycles. The third-order valence-electron chi connectivity index (χ3n) is 4.77. The van der Waals surface area contributed by atoms with E-state index in [-0.39, 0.29) is 36.0 Å². The second kappa shape index (κ2) is 8.53. The highest BCUT2D eigenvalue weighted by Crippen LogP contribution is 2.23. The summed E-state index contributed by atoms with van der Waals surface area (Å²) in [7, 11) is -7.96. The quantitative estimate of drug-likeness (QED) is 0.729. The molecule has 0 amide bonds. The van der Waals surface area contributed by atoms with Gasteiger partial charge in [-0.2, -0.15) is 8.61 Å². The first kappa shape index (κ1) is 19.2. The zero-order valence-corrected chi connectivity index (χ0v) is 18.0. The van der Waals surface area contributed by atoms with Gasteiger partial charge < -0.3 is 4.74 Å². The molecule has 0 aromatic heterocycles. The van der Waals surface area contributed by atoms with Crippen LogP contribution in [0.2, 0.25) is 0 Å². The summed E-state index contributed by atoms with van der Waals surface area (Å²) in [6.45, 7) is 1.60. The SMILES string of the molecule is [2H]C([2H])C1OCCN(S(=O)(=O)c2ccc(C)cc2)CCN1S(=O)(=O)c1ccc(C)cc1. The Kier molecular flexibility index (Phi) is 5.65. The van der Waals surface area contributed by atoms with Crippen molar-refractivity contribution in [2.45, 2.75) is 36.7 Å². The van der Waals surface area contributed by atoms with Crippen LogP contribution in [0.25, 0.3) is 0 Å². The van der Waals surface area contributed by atoms with E-state index >= 15 is 0 Å². The molecule has 0 bridgehead atoms. The Labute approximate surface area is 175 Å². The van der Waals surface area contributed by atoms with Crippen LogP contribution in [0.4, 0.5) is 0 Å². The molecule has 1 aliphatic heterocycles. The van der Waals surface area contributed by atoms with Crippen LogP contribution in [0.5, 0.6) is 0 Å². The molecule has 0 spiro atoms. The molecule has 0 N–H and O–H groups in total. The molecule has 29 heavy (non-hydrogen) atoms. The largest absolute Gasteiger partial charge is 0.361 e. The summed E-state index contributed by atoms with van der Waals surface area (Å²) in [5, 5.41) is 0. The van der Waals surface area contributed by atoms with Crippen LogP contribution in [-0.2, 0) is 24.8 Å². The van der Waals surface area contributed by atoms with Gasteiger partial charge in [0, 0.05) is 22.4 Å². The highest BCUT2D eigenvalue weighted by molar-refractivity contribution is 7.89. The van der Waals surface area contributed by atoms with Crippen LogP contribution in [0.15, 0.2) is 58.3 Å². The lowest BCUT2D eigenvalue weighted by Crippen LogP contribution is -2.49. The molecular weight excluding hydrogens is 412 g/mol. The molecule has 1 heterocycles. The normalized spacial score (nSPS) is 21.3. The van der Waals surface area contributed by atoms with Crippen molar-refractivity contribution in [3.8, 4) is 0 Å². The number of hydrogen-bond acceptors (Lipinski definition) is 5. The van der Waals surface area contributed by atoms with Gasteiger partial charge >= 0.3 is 0 Å². The zero-order valence-electron chi connectivity index (χ0n) is 18.4. The van der Waals surface area contributed by atoms with E-state index in [4.69, 9.17) is 7.48 Å². The summed E-state index contributed by atoms with van der Waals surface area (Å²) in [4.78, 5) is 0.114. The second-order valence-corrected chi connectivity index (χ2v) is 10.7. The smallest absolute Gasteiger partial charge is 0.245 e. The van der Waals surface area contributed by atoms with Crippen LogP contribution in [0.1, 0.15) is 20.7 Å². The van der Waals surface area contributed by atoms with E-state index in [1.54, 1.807) is 24.3 Å². The highest BCUT2D eigenvalue weighted by atomic mass is 32.2. The molecule has 0 radical (unpaired) electrons. The van der Waals surface area contributed by atoms with E-state index in [9.17, 15) is 16.8 Å². The number of hydrogen-bond donors (Lipinski definition) is 0. The minimum absolute atomic E-state index is 0.000801. The molecule has 1 unspecified atom stereocenters. The molecule has 2 aromatic rings. The molecule has 1 fully saturated rings. The van der Waals surface area contributed by atoms with E-state index in [0.717, 1.165) is 15.4 Å². The van der Waals surface area contributed by atoms with Crippen molar-refractivity contribution < 1.29 is 24.3 Å². The number of benzene rings is 2. The lowest BCUT2D eigenvalue weighted by molar-refractivity contribution is -0.0228. The van der Waals surface area contributed by atoms with Gasteiger partial charge in [0.2, 0.25) is 20.0 Å². The van der Waals surface area contributed by atoms with Crippen molar-refractivity contribution in [3.63, 3.8) is 0 Å². The molecule has 7 nitrogen and oxygen atoms in total. The van der Waals surface area contributed by atoms with E-state index in [2.05, 4.69) is 0 Å². The average Bonchev–Trinajstić information content (AvgIpc) is 2.68. The van der Waals surface area contributed by atoms with Crippen molar-refractivity contribution in [1.82, 2.24) is 8.61 Å². The minimum Gasteiger partial charge on any atom is -0.361 e. The van der Waals surface area contributed by atoms with Gasteiger partial charge in [-0.05, 0) is 45.0 Å². The van der Waals surface area contributed by atoms with Crippen LogP contribution in [0.3, 0.4) is 0 Å². The predicted molar refractivity (Wildman–Crippen MR) is 110 cm³/mol. The van der Waals surface area contributed by atoms with Crippen LogP contribution >= 0.6 is 0 Å². The molecule has 1 atom stereocenters. The molecule has 158 valence electrons. The second-order valence-electron chi connectivity index (χ2n) is 6.91. The average molecular weight is 441 g/mol. The van der Waals surface area contributed by atoms with Gasteiger partial charge in [-0.1, -0.05) is 35.4 Å². The first-order chi connectivity index (χ1) is 14.5. The third kappa shape index (κ3) is 4.70. The maximum atomic E-state index is 13.3. The van der Waals surface area contributed by atoms with E-state index in [0.29, 0.717) is 0 Å². The topological polar surface area (TPSA) is 84.0 Å². The number of ether oxygens (including phenoxy) is 1. The first-order valence-corrected chi connectivity index (χ1v) is 12.0. The summed E-state index contributed by atoms with van der Waals surface area (Å²) in [6.07, 6.45) is -1.34. The minimum atomic E-state index is -4.10. The standard InChI is InChI=1S/C20H26N2O5S2/c1-16-4-8-19(9-5-16)28(23,24)21-12-13-22(18(3)27-15-14-21)29(25,26)20-10-6-17(2)7-11-20/h4-11,18H,12-15H2,1-3H3/i3D2. The Balaban J connectivity index is 1.92. The van der Waals surface area contributed by atoms with Gasteiger partial charge in [0.05, 0.1) is 16.4 Å². The van der Waals surface area contributed by atoms with Crippen LogP contribution in [0, 0.1) is 13.8 Å². The summed E-state index contributed by atoms with van der Waals surface area (Å²) >= 11 is 0. The number of sulfonamides is 2. The summed E-state index contributed by atoms with van der Waals surface area (Å²) in [6, 6.07) is 12.6. The molecule has 1 aliphatic rings. The van der Waals surface area contributed by atoms with Crippen molar-refractivity contribution in [2.75, 3.05) is 26.2 Å². The third-order valence-corrected chi connectivity index (χ3v) is 8.56. The number of aryl methyl sites for hydroxylation is 2. The van der Waals surface area contributed by atoms with Gasteiger partial charge in [0.15, 0.2) is 0 Å². The van der Waals surface area contributed by atoms with Crippen molar-refractivity contribution >= 4 is 20.0 Å². The fourth-order valence-corrected chi connectivity index (χ4v) is 5.83. The Morgan fingerprint density at radius 3 is 1.86 bits per heavy atom. The maximum absolute atomic E-state index is 13.3. The molecule has 9 heteroatoms. The lowest BCUT2D eigenvalue weighted by atomic mass is 10.2. The summed E-state index contributed by atoms with van der Waals surface area (Å²) < 4.78 is 75.8. The van der Waals surface area contributed by atoms with Gasteiger partial charge in [-0.3, -0.25) is 0 Å². The van der Waals surface area contributed by atoms with Crippen LogP contribution in [-0.4, -0.2) is 57.9 Å². The summed E-state index contributed by atoms with van der Waals surface area (Å²) in [5.41, 5.74) is 1.80. The number of rotatable bonds is 4. The van der Waals surface area contributed by atoms with Gasteiger partial charge in [-0.15, -0.1) is 0 Å². The molecule has 0 saturated carbocycles. The fourth-order valence-electron chi connectivity index (χ4n) is 3.01. The highest BCUT2D eigenvalue weighted by Gasteiger charge is 2.34. The van der Waals surface area contributed by atoms with Crippen LogP contribution < -0.4 is 0 Å². The summed E-state index contributed by atoms with van der Waals surface area (Å²) in [5.74, 6) is 0. The van der Waals surface area contributed by atoms with Crippen molar-refractivity contribution in [1.29, 1.82) is 0 Å². The van der Waals surface area contributed by atoms with Gasteiger partial charge in [0.1, 0.15) is 6.23 Å². The van der Waals surface area contributed by atoms with Gasteiger partial charge in [0.25, 0.3) is 0 Å². The maximum Gasteiger partial charge on any atom is 0.245 e. The lowest BCUT2D eigenvalue weighted by Gasteiger charge is -2.34. The Morgan fingerprint density at radius 2 is 1.34 bits per heavy atom. The fraction of sp³-hybridized carbons (Fsp3) is 0.400. The molecule has 3 rings (SSSR count). The molecule has 0 aliphatic carbocycles. The Bertz CT molecular complexity index is 1110. The van der Waals surface area contributed by atoms with Crippen molar-refractivity contribution in [3.05, 3.63) is 59.7 Å². The molecule has 1 saturated heterocycles. The first-order valence-electron chi connectivity index (χ1n) is 10.3. The van der Waals surface area contributed by atoms with Crippen molar-refractivity contribution in [2.24, 2.45) is 0 Å². The monoisotopic (exact) mass is 440 g/mol. The van der Waals surface area contributed by atoms with E-state index < -0.39 is 33.2 Å². The Hall–Kier alpha value is -1.78.